The minimum absolute atomic E-state index is 0.00890. The molecule has 0 aliphatic rings. The second-order valence-electron chi connectivity index (χ2n) is 6.53. The molecule has 2 heterocycles. The van der Waals surface area contributed by atoms with Crippen molar-refractivity contribution in [2.75, 3.05) is 5.32 Å². The molecule has 0 aliphatic carbocycles. The van der Waals surface area contributed by atoms with Gasteiger partial charge in [-0.25, -0.2) is 9.36 Å². The summed E-state index contributed by atoms with van der Waals surface area (Å²) in [7, 11) is 0. The number of hydrogen-bond acceptors (Lipinski definition) is 3. The van der Waals surface area contributed by atoms with Gasteiger partial charge in [-0.3, -0.25) is 4.79 Å². The number of nitrogens with zero attached hydrogens (tertiary/aromatic N) is 4. The van der Waals surface area contributed by atoms with Gasteiger partial charge in [0.15, 0.2) is 0 Å². The summed E-state index contributed by atoms with van der Waals surface area (Å²) in [6, 6.07) is 14.0. The van der Waals surface area contributed by atoms with Gasteiger partial charge in [0, 0.05) is 12.4 Å². The molecule has 2 aromatic heterocycles. The predicted molar refractivity (Wildman–Crippen MR) is 105 cm³/mol. The largest absolute Gasteiger partial charge is 0.416 e. The summed E-state index contributed by atoms with van der Waals surface area (Å²) in [4.78, 5) is 12.9. The van der Waals surface area contributed by atoms with Gasteiger partial charge in [-0.2, -0.15) is 23.4 Å². The zero-order chi connectivity index (χ0) is 21.3. The van der Waals surface area contributed by atoms with Crippen molar-refractivity contribution in [2.45, 2.75) is 13.1 Å². The summed E-state index contributed by atoms with van der Waals surface area (Å²) >= 11 is 0. The highest BCUT2D eigenvalue weighted by Gasteiger charge is 2.31. The molecular weight excluding hydrogens is 395 g/mol. The lowest BCUT2D eigenvalue weighted by Gasteiger charge is -2.14. The number of aromatic nitrogens is 4. The number of halogens is 3. The molecule has 152 valence electrons. The van der Waals surface area contributed by atoms with Crippen molar-refractivity contribution in [2.24, 2.45) is 0 Å². The molecule has 30 heavy (non-hydrogen) atoms. The fourth-order valence-electron chi connectivity index (χ4n) is 3.08. The van der Waals surface area contributed by atoms with Gasteiger partial charge >= 0.3 is 6.18 Å². The first-order chi connectivity index (χ1) is 14.3. The molecule has 0 aliphatic heterocycles. The van der Waals surface area contributed by atoms with Crippen LogP contribution >= 0.6 is 0 Å². The number of amides is 1. The number of nitrogens with one attached hydrogen (secondary N) is 1. The Morgan fingerprint density at radius 3 is 2.47 bits per heavy atom. The first-order valence-corrected chi connectivity index (χ1v) is 8.97. The summed E-state index contributed by atoms with van der Waals surface area (Å²) in [5.74, 6) is -0.567. The minimum Gasteiger partial charge on any atom is -0.320 e. The monoisotopic (exact) mass is 411 g/mol. The van der Waals surface area contributed by atoms with Gasteiger partial charge in [0.2, 0.25) is 0 Å². The Kier molecular flexibility index (Phi) is 4.86. The molecule has 9 heteroatoms. The lowest BCUT2D eigenvalue weighted by molar-refractivity contribution is -0.137. The van der Waals surface area contributed by atoms with Crippen LogP contribution in [-0.2, 0) is 6.18 Å². The van der Waals surface area contributed by atoms with E-state index in [9.17, 15) is 18.0 Å². The van der Waals surface area contributed by atoms with Gasteiger partial charge in [-0.15, -0.1) is 0 Å². The SMILES string of the molecule is Cc1c(C(=O)Nc2cc(C(F)(F)F)ccc2-n2cccn2)cnn1-c1ccccc1. The first kappa shape index (κ1) is 19.4. The number of alkyl halides is 3. The van der Waals surface area contributed by atoms with Crippen LogP contribution in [0.25, 0.3) is 11.4 Å². The van der Waals surface area contributed by atoms with Crippen LogP contribution in [0.3, 0.4) is 0 Å². The Hall–Kier alpha value is -3.88. The van der Waals surface area contributed by atoms with Crippen LogP contribution in [0.1, 0.15) is 21.6 Å². The van der Waals surface area contributed by atoms with E-state index in [1.165, 1.54) is 23.1 Å². The number of carbonyl (C=O) groups is 1. The third-order valence-corrected chi connectivity index (χ3v) is 4.58. The summed E-state index contributed by atoms with van der Waals surface area (Å²) in [5.41, 5.74) is 1.02. The van der Waals surface area contributed by atoms with Crippen molar-refractivity contribution in [1.82, 2.24) is 19.6 Å². The van der Waals surface area contributed by atoms with Crippen LogP contribution in [-0.4, -0.2) is 25.5 Å². The van der Waals surface area contributed by atoms with Crippen molar-refractivity contribution in [3.63, 3.8) is 0 Å². The fourth-order valence-corrected chi connectivity index (χ4v) is 3.08. The predicted octanol–water partition coefficient (Wildman–Crippen LogP) is 4.64. The molecule has 4 aromatic rings. The molecule has 0 spiro atoms. The van der Waals surface area contributed by atoms with Crippen molar-refractivity contribution in [1.29, 1.82) is 0 Å². The van der Waals surface area contributed by atoms with Crippen LogP contribution < -0.4 is 5.32 Å². The fraction of sp³-hybridized carbons (Fsp3) is 0.0952. The highest BCUT2D eigenvalue weighted by molar-refractivity contribution is 6.06. The van der Waals surface area contributed by atoms with Crippen LogP contribution in [0.2, 0.25) is 0 Å². The summed E-state index contributed by atoms with van der Waals surface area (Å²) < 4.78 is 42.6. The molecule has 0 saturated heterocycles. The van der Waals surface area contributed by atoms with E-state index in [2.05, 4.69) is 15.5 Å². The molecule has 4 rings (SSSR count). The van der Waals surface area contributed by atoms with Gasteiger partial charge in [0.05, 0.1) is 40.1 Å². The minimum atomic E-state index is -4.55. The Morgan fingerprint density at radius 1 is 1.03 bits per heavy atom. The average molecular weight is 411 g/mol. The second kappa shape index (κ2) is 7.51. The lowest BCUT2D eigenvalue weighted by Crippen LogP contribution is -2.16. The Labute approximate surface area is 169 Å². The third kappa shape index (κ3) is 3.69. The van der Waals surface area contributed by atoms with Gasteiger partial charge < -0.3 is 5.32 Å². The standard InChI is InChI=1S/C21H16F3N5O/c1-14-17(13-26-29(14)16-6-3-2-4-7-16)20(30)27-18-12-15(21(22,23)24)8-9-19(18)28-11-5-10-25-28/h2-13H,1H3,(H,27,30). The van der Waals surface area contributed by atoms with Gasteiger partial charge in [-0.1, -0.05) is 18.2 Å². The highest BCUT2D eigenvalue weighted by Crippen LogP contribution is 2.33. The summed E-state index contributed by atoms with van der Waals surface area (Å²) in [6.45, 7) is 1.72. The van der Waals surface area contributed by atoms with Crippen molar-refractivity contribution in [3.05, 3.63) is 90.0 Å². The van der Waals surface area contributed by atoms with Crippen LogP contribution in [0, 0.1) is 6.92 Å². The number of anilines is 1. The molecule has 0 saturated carbocycles. The smallest absolute Gasteiger partial charge is 0.320 e. The maximum Gasteiger partial charge on any atom is 0.416 e. The van der Waals surface area contributed by atoms with Crippen LogP contribution in [0.4, 0.5) is 18.9 Å². The molecular formula is C21H16F3N5O. The normalized spacial score (nSPS) is 11.5. The molecule has 0 bridgehead atoms. The Balaban J connectivity index is 1.70. The molecule has 1 N–H and O–H groups in total. The van der Waals surface area contributed by atoms with Gasteiger partial charge in [0.25, 0.3) is 5.91 Å². The van der Waals surface area contributed by atoms with Gasteiger partial charge in [-0.05, 0) is 43.3 Å². The number of benzene rings is 2. The van der Waals surface area contributed by atoms with Crippen LogP contribution in [0.5, 0.6) is 0 Å². The van der Waals surface area contributed by atoms with E-state index in [4.69, 9.17) is 0 Å². The maximum atomic E-state index is 13.2. The topological polar surface area (TPSA) is 64.7 Å². The van der Waals surface area contributed by atoms with E-state index >= 15 is 0 Å². The van der Waals surface area contributed by atoms with E-state index in [0.29, 0.717) is 11.4 Å². The molecule has 0 atom stereocenters. The third-order valence-electron chi connectivity index (χ3n) is 4.58. The van der Waals surface area contributed by atoms with Crippen LogP contribution in [0.15, 0.2) is 73.2 Å². The molecule has 2 aromatic carbocycles. The molecule has 6 nitrogen and oxygen atoms in total. The van der Waals surface area contributed by atoms with Gasteiger partial charge in [0.1, 0.15) is 0 Å². The van der Waals surface area contributed by atoms with Crippen molar-refractivity contribution >= 4 is 11.6 Å². The molecule has 0 radical (unpaired) electrons. The quantitative estimate of drug-likeness (QED) is 0.532. The van der Waals surface area contributed by atoms with Crippen molar-refractivity contribution in [3.8, 4) is 11.4 Å². The Morgan fingerprint density at radius 2 is 1.80 bits per heavy atom. The molecule has 0 unspecified atom stereocenters. The zero-order valence-corrected chi connectivity index (χ0v) is 15.8. The summed E-state index contributed by atoms with van der Waals surface area (Å²) in [5, 5.41) is 10.9. The van der Waals surface area contributed by atoms with E-state index < -0.39 is 17.6 Å². The van der Waals surface area contributed by atoms with E-state index in [1.54, 1.807) is 23.9 Å². The summed E-state index contributed by atoms with van der Waals surface area (Å²) in [6.07, 6.45) is -0.0800. The number of hydrogen-bond donors (Lipinski definition) is 1. The molecule has 0 fully saturated rings. The van der Waals surface area contributed by atoms with E-state index in [1.807, 2.05) is 30.3 Å². The zero-order valence-electron chi connectivity index (χ0n) is 15.8. The number of rotatable bonds is 4. The number of carbonyl (C=O) groups excluding carboxylic acids is 1. The van der Waals surface area contributed by atoms with E-state index in [-0.39, 0.29) is 11.3 Å². The van der Waals surface area contributed by atoms with E-state index in [0.717, 1.165) is 17.8 Å². The maximum absolute atomic E-state index is 13.2. The Bertz CT molecular complexity index is 1180. The van der Waals surface area contributed by atoms with Crippen molar-refractivity contribution < 1.29 is 18.0 Å². The lowest BCUT2D eigenvalue weighted by atomic mass is 10.1. The first-order valence-electron chi connectivity index (χ1n) is 8.97. The number of para-hydroxylation sites is 1. The molecule has 1 amide bonds. The highest BCUT2D eigenvalue weighted by atomic mass is 19.4. The average Bonchev–Trinajstić information content (AvgIpc) is 3.38. The second-order valence-corrected chi connectivity index (χ2v) is 6.53.